The second kappa shape index (κ2) is 10.9. The van der Waals surface area contributed by atoms with E-state index in [9.17, 15) is 0 Å². The van der Waals surface area contributed by atoms with E-state index in [1.165, 1.54) is 0 Å². The summed E-state index contributed by atoms with van der Waals surface area (Å²) in [6.07, 6.45) is -0.590. The third-order valence-electron chi connectivity index (χ3n) is 6.15. The van der Waals surface area contributed by atoms with Gasteiger partial charge >= 0.3 is 0 Å². The first-order valence-electron chi connectivity index (χ1n) is 11.3. The molecule has 1 fully saturated rings. The van der Waals surface area contributed by atoms with Crippen molar-refractivity contribution in [2.45, 2.75) is 57.6 Å². The quantitative estimate of drug-likeness (QED) is 0.421. The van der Waals surface area contributed by atoms with Crippen molar-refractivity contribution in [1.82, 2.24) is 0 Å². The minimum Gasteiger partial charge on any atom is -0.374 e. The van der Waals surface area contributed by atoms with Crippen LogP contribution in [-0.4, -0.2) is 30.5 Å². The van der Waals surface area contributed by atoms with E-state index in [1.54, 1.807) is 0 Å². The zero-order valence-electron chi connectivity index (χ0n) is 18.9. The largest absolute Gasteiger partial charge is 0.374 e. The van der Waals surface area contributed by atoms with Gasteiger partial charge in [-0.05, 0) is 30.5 Å². The van der Waals surface area contributed by atoms with Gasteiger partial charge in [-0.25, -0.2) is 0 Å². The fourth-order valence-electron chi connectivity index (χ4n) is 4.11. The van der Waals surface area contributed by atoms with Gasteiger partial charge in [0.15, 0.2) is 0 Å². The second-order valence-electron chi connectivity index (χ2n) is 8.49. The van der Waals surface area contributed by atoms with Gasteiger partial charge in [0.1, 0.15) is 17.8 Å². The van der Waals surface area contributed by atoms with E-state index in [2.05, 4.69) is 50.2 Å². The first kappa shape index (κ1) is 22.7. The van der Waals surface area contributed by atoms with E-state index in [-0.39, 0.29) is 18.3 Å². The number of benzene rings is 3. The second-order valence-corrected chi connectivity index (χ2v) is 8.49. The summed E-state index contributed by atoms with van der Waals surface area (Å²) in [5.41, 5.74) is 2.81. The Morgan fingerprint density at radius 1 is 0.719 bits per heavy atom. The molecule has 0 unspecified atom stereocenters. The number of ether oxygens (including phenoxy) is 4. The highest BCUT2D eigenvalue weighted by atomic mass is 16.6. The average molecular weight is 433 g/mol. The van der Waals surface area contributed by atoms with Crippen LogP contribution in [0.5, 0.6) is 0 Å². The lowest BCUT2D eigenvalue weighted by atomic mass is 9.92. The van der Waals surface area contributed by atoms with Gasteiger partial charge in [0.25, 0.3) is 0 Å². The van der Waals surface area contributed by atoms with E-state index in [0.29, 0.717) is 26.4 Å². The summed E-state index contributed by atoms with van der Waals surface area (Å²) in [6.45, 7) is 6.15. The number of hydrogen-bond donors (Lipinski definition) is 0. The lowest BCUT2D eigenvalue weighted by molar-refractivity contribution is -0.144. The highest BCUT2D eigenvalue weighted by Crippen LogP contribution is 2.38. The zero-order valence-corrected chi connectivity index (χ0v) is 18.9. The summed E-state index contributed by atoms with van der Waals surface area (Å²) in [6, 6.07) is 30.6. The molecule has 0 saturated carbocycles. The van der Waals surface area contributed by atoms with Crippen LogP contribution in [0.25, 0.3) is 0 Å². The van der Waals surface area contributed by atoms with Crippen molar-refractivity contribution in [2.24, 2.45) is 0 Å². The summed E-state index contributed by atoms with van der Waals surface area (Å²) in [7, 11) is 0. The van der Waals surface area contributed by atoms with Gasteiger partial charge in [-0.15, -0.1) is 0 Å². The molecule has 3 aromatic carbocycles. The lowest BCUT2D eigenvalue weighted by Crippen LogP contribution is -2.49. The third-order valence-corrected chi connectivity index (χ3v) is 6.15. The van der Waals surface area contributed by atoms with Crippen molar-refractivity contribution in [3.05, 3.63) is 108 Å². The van der Waals surface area contributed by atoms with Crippen molar-refractivity contribution >= 4 is 0 Å². The van der Waals surface area contributed by atoms with Crippen LogP contribution in [0.15, 0.2) is 91.0 Å². The molecule has 1 aliphatic rings. The fourth-order valence-corrected chi connectivity index (χ4v) is 4.11. The average Bonchev–Trinajstić information content (AvgIpc) is 3.07. The normalized spacial score (nSPS) is 25.1. The Bertz CT molecular complexity index is 931. The number of rotatable bonds is 10. The van der Waals surface area contributed by atoms with Crippen LogP contribution in [0.2, 0.25) is 0 Å². The Labute approximate surface area is 191 Å². The monoisotopic (exact) mass is 432 g/mol. The van der Waals surface area contributed by atoms with Crippen molar-refractivity contribution in [1.29, 1.82) is 0 Å². The first-order valence-corrected chi connectivity index (χ1v) is 11.3. The molecule has 0 aliphatic carbocycles. The first-order chi connectivity index (χ1) is 15.6. The molecule has 4 nitrogen and oxygen atoms in total. The molecule has 1 aliphatic heterocycles. The smallest absolute Gasteiger partial charge is 0.120 e. The van der Waals surface area contributed by atoms with Gasteiger partial charge in [0.2, 0.25) is 0 Å². The molecule has 0 amide bonds. The Kier molecular flexibility index (Phi) is 7.72. The predicted octanol–water partition coefficient (Wildman–Crippen LogP) is 5.55. The topological polar surface area (TPSA) is 36.9 Å². The maximum Gasteiger partial charge on any atom is 0.120 e. The van der Waals surface area contributed by atoms with Crippen LogP contribution < -0.4 is 0 Å². The minimum absolute atomic E-state index is 0.127. The van der Waals surface area contributed by atoms with Crippen LogP contribution in [0.3, 0.4) is 0 Å². The van der Waals surface area contributed by atoms with Crippen LogP contribution in [0.1, 0.15) is 30.5 Å². The maximum atomic E-state index is 6.48. The van der Waals surface area contributed by atoms with Crippen LogP contribution in [0, 0.1) is 0 Å². The van der Waals surface area contributed by atoms with Gasteiger partial charge in [-0.3, -0.25) is 0 Å². The van der Waals surface area contributed by atoms with Crippen molar-refractivity contribution in [3.8, 4) is 0 Å². The summed E-state index contributed by atoms with van der Waals surface area (Å²) >= 11 is 0. The molecule has 0 bridgehead atoms. The highest BCUT2D eigenvalue weighted by Gasteiger charge is 2.53. The van der Waals surface area contributed by atoms with E-state index < -0.39 is 5.60 Å². The van der Waals surface area contributed by atoms with E-state index >= 15 is 0 Å². The van der Waals surface area contributed by atoms with Gasteiger partial charge < -0.3 is 18.9 Å². The predicted molar refractivity (Wildman–Crippen MR) is 125 cm³/mol. The Morgan fingerprint density at radius 2 is 1.22 bits per heavy atom. The molecular formula is C28H32O4. The van der Waals surface area contributed by atoms with Crippen LogP contribution in [0.4, 0.5) is 0 Å². The van der Waals surface area contributed by atoms with Crippen LogP contribution >= 0.6 is 0 Å². The third kappa shape index (κ3) is 5.64. The van der Waals surface area contributed by atoms with Crippen molar-refractivity contribution < 1.29 is 18.9 Å². The highest BCUT2D eigenvalue weighted by molar-refractivity contribution is 5.16. The zero-order chi connectivity index (χ0) is 22.2. The Balaban J connectivity index is 1.45. The molecule has 1 saturated heterocycles. The van der Waals surface area contributed by atoms with Crippen molar-refractivity contribution in [2.75, 3.05) is 6.61 Å². The van der Waals surface area contributed by atoms with E-state index in [1.807, 2.05) is 54.6 Å². The molecule has 1 heterocycles. The molecule has 0 N–H and O–H groups in total. The maximum absolute atomic E-state index is 6.48. The molecule has 0 aromatic heterocycles. The molecule has 4 heteroatoms. The standard InChI is InChI=1S/C28H32O4/c1-22-28(2,31-20-25-16-10-5-11-17-25)27(30-19-24-14-8-4-9-15-24)26(32-22)21-29-18-23-12-6-3-7-13-23/h3-17,22,26-27H,18-21H2,1-2H3/t22-,26-,27-,28+/m1/s1. The molecule has 32 heavy (non-hydrogen) atoms. The summed E-state index contributed by atoms with van der Waals surface area (Å²) in [4.78, 5) is 0. The van der Waals surface area contributed by atoms with Gasteiger partial charge in [-0.2, -0.15) is 0 Å². The molecule has 3 aromatic rings. The summed E-state index contributed by atoms with van der Waals surface area (Å²) in [5.74, 6) is 0. The molecular weight excluding hydrogens is 400 g/mol. The van der Waals surface area contributed by atoms with Crippen LogP contribution in [-0.2, 0) is 38.8 Å². The molecule has 4 rings (SSSR count). The molecule has 0 radical (unpaired) electrons. The lowest BCUT2D eigenvalue weighted by Gasteiger charge is -2.34. The number of hydrogen-bond acceptors (Lipinski definition) is 4. The van der Waals surface area contributed by atoms with E-state index in [0.717, 1.165) is 16.7 Å². The summed E-state index contributed by atoms with van der Waals surface area (Å²) in [5, 5.41) is 0. The van der Waals surface area contributed by atoms with E-state index in [4.69, 9.17) is 18.9 Å². The Hall–Kier alpha value is -2.50. The molecule has 4 atom stereocenters. The molecule has 168 valence electrons. The molecule has 0 spiro atoms. The fraction of sp³-hybridized carbons (Fsp3) is 0.357. The van der Waals surface area contributed by atoms with Gasteiger partial charge in [0, 0.05) is 0 Å². The van der Waals surface area contributed by atoms with Gasteiger partial charge in [-0.1, -0.05) is 91.0 Å². The van der Waals surface area contributed by atoms with Gasteiger partial charge in [0.05, 0.1) is 32.5 Å². The SMILES string of the molecule is C[C@H]1O[C@H](COCc2ccccc2)[C@@H](OCc2ccccc2)[C@@]1(C)OCc1ccccc1. The summed E-state index contributed by atoms with van der Waals surface area (Å²) < 4.78 is 25.3. The minimum atomic E-state index is -0.592. The van der Waals surface area contributed by atoms with Crippen molar-refractivity contribution in [3.63, 3.8) is 0 Å². The Morgan fingerprint density at radius 3 is 1.78 bits per heavy atom.